The zero-order chi connectivity index (χ0) is 12.7. The monoisotopic (exact) mass is 235 g/mol. The van der Waals surface area contributed by atoms with Crippen molar-refractivity contribution in [1.82, 2.24) is 5.32 Å². The van der Waals surface area contributed by atoms with Crippen molar-refractivity contribution in [3.8, 4) is 0 Å². The van der Waals surface area contributed by atoms with Gasteiger partial charge in [-0.1, -0.05) is 19.1 Å². The van der Waals surface area contributed by atoms with Crippen LogP contribution in [0.5, 0.6) is 0 Å². The Hall–Kier alpha value is -1.15. The van der Waals surface area contributed by atoms with Gasteiger partial charge in [-0.15, -0.1) is 6.58 Å². The molecule has 0 radical (unpaired) electrons. The Bertz CT molecular complexity index is 360. The van der Waals surface area contributed by atoms with E-state index in [4.69, 9.17) is 0 Å². The van der Waals surface area contributed by atoms with Crippen molar-refractivity contribution in [1.29, 1.82) is 0 Å². The van der Waals surface area contributed by atoms with E-state index in [0.717, 1.165) is 36.9 Å². The first-order valence-corrected chi connectivity index (χ1v) is 6.29. The molecule has 1 rings (SSSR count). The second-order valence-electron chi connectivity index (χ2n) is 4.37. The van der Waals surface area contributed by atoms with Crippen molar-refractivity contribution in [2.24, 2.45) is 0 Å². The van der Waals surface area contributed by atoms with Gasteiger partial charge in [0.1, 0.15) is 5.82 Å². The molecule has 2 heteroatoms. The van der Waals surface area contributed by atoms with Crippen molar-refractivity contribution in [3.05, 3.63) is 47.8 Å². The highest BCUT2D eigenvalue weighted by molar-refractivity contribution is 5.29. The molecule has 0 amide bonds. The first-order chi connectivity index (χ1) is 8.19. The smallest absolute Gasteiger partial charge is 0.123 e. The Morgan fingerprint density at radius 3 is 2.88 bits per heavy atom. The van der Waals surface area contributed by atoms with E-state index in [1.807, 2.05) is 19.1 Å². The Morgan fingerprint density at radius 2 is 2.24 bits per heavy atom. The van der Waals surface area contributed by atoms with Gasteiger partial charge in [0.2, 0.25) is 0 Å². The summed E-state index contributed by atoms with van der Waals surface area (Å²) in [6.45, 7) is 8.87. The maximum atomic E-state index is 13.3. The summed E-state index contributed by atoms with van der Waals surface area (Å²) in [6, 6.07) is 5.23. The third-order valence-electron chi connectivity index (χ3n) is 2.92. The maximum absolute atomic E-state index is 13.3. The van der Waals surface area contributed by atoms with Crippen LogP contribution < -0.4 is 5.32 Å². The van der Waals surface area contributed by atoms with Gasteiger partial charge in [0.25, 0.3) is 0 Å². The van der Waals surface area contributed by atoms with Crippen molar-refractivity contribution in [2.75, 3.05) is 6.54 Å². The van der Waals surface area contributed by atoms with Crippen LogP contribution in [0.2, 0.25) is 0 Å². The van der Waals surface area contributed by atoms with E-state index in [0.29, 0.717) is 0 Å². The molecule has 0 saturated carbocycles. The van der Waals surface area contributed by atoms with Gasteiger partial charge in [0, 0.05) is 6.04 Å². The lowest BCUT2D eigenvalue weighted by Crippen LogP contribution is -2.23. The van der Waals surface area contributed by atoms with Crippen LogP contribution in [-0.4, -0.2) is 6.54 Å². The Labute approximate surface area is 104 Å². The standard InChI is InChI=1S/C15H22FN/c1-4-6-7-15(17-10-5-2)14-11-13(16)9-8-12(14)3/h4,8-9,11,15,17H,1,5-7,10H2,2-3H3. The topological polar surface area (TPSA) is 12.0 Å². The molecule has 0 fully saturated rings. The van der Waals surface area contributed by atoms with Crippen molar-refractivity contribution < 1.29 is 4.39 Å². The Kier molecular flexibility index (Phi) is 5.92. The molecule has 1 nitrogen and oxygen atoms in total. The van der Waals surface area contributed by atoms with Crippen LogP contribution in [0.1, 0.15) is 43.4 Å². The van der Waals surface area contributed by atoms with Crippen LogP contribution in [-0.2, 0) is 0 Å². The van der Waals surface area contributed by atoms with Crippen LogP contribution >= 0.6 is 0 Å². The van der Waals surface area contributed by atoms with Gasteiger partial charge >= 0.3 is 0 Å². The van der Waals surface area contributed by atoms with Crippen LogP contribution in [0, 0.1) is 12.7 Å². The summed E-state index contributed by atoms with van der Waals surface area (Å²) in [5.41, 5.74) is 2.21. The van der Waals surface area contributed by atoms with Gasteiger partial charge in [-0.05, 0) is 56.0 Å². The number of hydrogen-bond acceptors (Lipinski definition) is 1. The SMILES string of the molecule is C=CCCC(NCCC)c1cc(F)ccc1C. The molecule has 0 aliphatic carbocycles. The highest BCUT2D eigenvalue weighted by Crippen LogP contribution is 2.23. The Balaban J connectivity index is 2.85. The fraction of sp³-hybridized carbons (Fsp3) is 0.467. The predicted octanol–water partition coefficient (Wildman–Crippen LogP) is 4.14. The molecule has 1 atom stereocenters. The number of aryl methyl sites for hydroxylation is 1. The number of halogens is 1. The summed E-state index contributed by atoms with van der Waals surface area (Å²) in [7, 11) is 0. The van der Waals surface area contributed by atoms with Gasteiger partial charge < -0.3 is 5.32 Å². The molecule has 0 aliphatic heterocycles. The van der Waals surface area contributed by atoms with Crippen LogP contribution in [0.4, 0.5) is 4.39 Å². The fourth-order valence-corrected chi connectivity index (χ4v) is 1.96. The molecule has 1 unspecified atom stereocenters. The lowest BCUT2D eigenvalue weighted by atomic mass is 9.97. The lowest BCUT2D eigenvalue weighted by molar-refractivity contribution is 0.497. The average Bonchev–Trinajstić information content (AvgIpc) is 2.33. The minimum atomic E-state index is -0.160. The van der Waals surface area contributed by atoms with E-state index in [2.05, 4.69) is 18.8 Å². The molecule has 0 aromatic heterocycles. The zero-order valence-corrected chi connectivity index (χ0v) is 10.8. The van der Waals surface area contributed by atoms with Crippen LogP contribution in [0.15, 0.2) is 30.9 Å². The van der Waals surface area contributed by atoms with Crippen molar-refractivity contribution >= 4 is 0 Å². The van der Waals surface area contributed by atoms with Gasteiger partial charge in [0.05, 0.1) is 0 Å². The summed E-state index contributed by atoms with van der Waals surface area (Å²) in [6.07, 6.45) is 4.90. The molecular weight excluding hydrogens is 213 g/mol. The van der Waals surface area contributed by atoms with Crippen LogP contribution in [0.3, 0.4) is 0 Å². The van der Waals surface area contributed by atoms with Crippen LogP contribution in [0.25, 0.3) is 0 Å². The maximum Gasteiger partial charge on any atom is 0.123 e. The van der Waals surface area contributed by atoms with Gasteiger partial charge in [-0.3, -0.25) is 0 Å². The van der Waals surface area contributed by atoms with E-state index < -0.39 is 0 Å². The van der Waals surface area contributed by atoms with Gasteiger partial charge in [0.15, 0.2) is 0 Å². The minimum Gasteiger partial charge on any atom is -0.310 e. The first-order valence-electron chi connectivity index (χ1n) is 6.29. The highest BCUT2D eigenvalue weighted by Gasteiger charge is 2.12. The zero-order valence-electron chi connectivity index (χ0n) is 10.8. The molecular formula is C15H22FN. The highest BCUT2D eigenvalue weighted by atomic mass is 19.1. The summed E-state index contributed by atoms with van der Waals surface area (Å²) in [5, 5.41) is 3.47. The van der Waals surface area contributed by atoms with Gasteiger partial charge in [-0.25, -0.2) is 4.39 Å². The lowest BCUT2D eigenvalue weighted by Gasteiger charge is -2.20. The number of allylic oxidation sites excluding steroid dienone is 1. The third kappa shape index (κ3) is 4.31. The molecule has 0 saturated heterocycles. The molecule has 0 bridgehead atoms. The summed E-state index contributed by atoms with van der Waals surface area (Å²) in [5.74, 6) is -0.160. The molecule has 94 valence electrons. The average molecular weight is 235 g/mol. The third-order valence-corrected chi connectivity index (χ3v) is 2.92. The number of hydrogen-bond donors (Lipinski definition) is 1. The normalized spacial score (nSPS) is 12.4. The van der Waals surface area contributed by atoms with Crippen molar-refractivity contribution in [2.45, 2.75) is 39.2 Å². The van der Waals surface area contributed by atoms with E-state index in [-0.39, 0.29) is 11.9 Å². The molecule has 1 aromatic carbocycles. The summed E-state index contributed by atoms with van der Waals surface area (Å²) < 4.78 is 13.3. The van der Waals surface area contributed by atoms with E-state index in [9.17, 15) is 4.39 Å². The first kappa shape index (κ1) is 13.9. The Morgan fingerprint density at radius 1 is 1.47 bits per heavy atom. The molecule has 0 heterocycles. The van der Waals surface area contributed by atoms with E-state index in [1.54, 1.807) is 6.07 Å². The van der Waals surface area contributed by atoms with E-state index >= 15 is 0 Å². The second kappa shape index (κ2) is 7.23. The molecule has 17 heavy (non-hydrogen) atoms. The summed E-state index contributed by atoms with van der Waals surface area (Å²) >= 11 is 0. The number of benzene rings is 1. The van der Waals surface area contributed by atoms with Gasteiger partial charge in [-0.2, -0.15) is 0 Å². The molecule has 0 spiro atoms. The van der Waals surface area contributed by atoms with E-state index in [1.165, 1.54) is 6.07 Å². The molecule has 1 N–H and O–H groups in total. The number of nitrogens with one attached hydrogen (secondary N) is 1. The second-order valence-corrected chi connectivity index (χ2v) is 4.37. The molecule has 0 aliphatic rings. The fourth-order valence-electron chi connectivity index (χ4n) is 1.96. The summed E-state index contributed by atoms with van der Waals surface area (Å²) in [4.78, 5) is 0. The van der Waals surface area contributed by atoms with Crippen molar-refractivity contribution in [3.63, 3.8) is 0 Å². The quantitative estimate of drug-likeness (QED) is 0.700. The largest absolute Gasteiger partial charge is 0.310 e. The molecule has 1 aromatic rings. The number of rotatable bonds is 7. The predicted molar refractivity (Wildman–Crippen MR) is 71.6 cm³/mol. The minimum absolute atomic E-state index is 0.160.